The molecule has 1 N–H and O–H groups in total. The van der Waals surface area contributed by atoms with Crippen LogP contribution in [0.25, 0.3) is 10.6 Å². The van der Waals surface area contributed by atoms with E-state index in [0.717, 1.165) is 10.6 Å². The van der Waals surface area contributed by atoms with E-state index in [2.05, 4.69) is 15.4 Å². The van der Waals surface area contributed by atoms with Crippen molar-refractivity contribution >= 4 is 33.7 Å². The molecule has 4 rings (SSSR count). The average molecular weight is 382 g/mol. The van der Waals surface area contributed by atoms with E-state index < -0.39 is 0 Å². The Bertz CT molecular complexity index is 977. The Labute approximate surface area is 157 Å². The number of hydrogen-bond donors (Lipinski definition) is 1. The molecule has 0 aliphatic carbocycles. The highest BCUT2D eigenvalue weighted by atomic mass is 32.1. The number of hydrogen-bond acceptors (Lipinski definition) is 6. The first-order chi connectivity index (χ1) is 12.8. The van der Waals surface area contributed by atoms with Crippen LogP contribution in [0, 0.1) is 0 Å². The van der Waals surface area contributed by atoms with Crippen molar-refractivity contribution in [3.63, 3.8) is 0 Å². The van der Waals surface area contributed by atoms with Gasteiger partial charge in [-0.2, -0.15) is 5.10 Å². The fourth-order valence-corrected chi connectivity index (χ4v) is 3.72. The summed E-state index contributed by atoms with van der Waals surface area (Å²) in [6.45, 7) is 0.323. The molecule has 3 aromatic heterocycles. The summed E-state index contributed by atoms with van der Waals surface area (Å²) in [7, 11) is 0. The van der Waals surface area contributed by atoms with Crippen molar-refractivity contribution in [2.75, 3.05) is 5.32 Å². The van der Waals surface area contributed by atoms with E-state index in [4.69, 9.17) is 4.74 Å². The largest absolute Gasteiger partial charge is 0.471 e. The number of carbonyl (C=O) groups excluding carboxylic acids is 1. The number of rotatable bonds is 6. The minimum atomic E-state index is -0.198. The first-order valence-corrected chi connectivity index (χ1v) is 9.55. The van der Waals surface area contributed by atoms with Gasteiger partial charge in [-0.3, -0.25) is 10.1 Å². The van der Waals surface area contributed by atoms with Crippen molar-refractivity contribution in [1.82, 2.24) is 14.8 Å². The molecule has 0 unspecified atom stereocenters. The summed E-state index contributed by atoms with van der Waals surface area (Å²) in [4.78, 5) is 17.9. The van der Waals surface area contributed by atoms with Crippen molar-refractivity contribution in [3.05, 3.63) is 71.2 Å². The number of carbonyl (C=O) groups is 1. The van der Waals surface area contributed by atoms with Crippen LogP contribution in [0.15, 0.2) is 65.6 Å². The zero-order valence-corrected chi connectivity index (χ0v) is 15.2. The van der Waals surface area contributed by atoms with E-state index in [1.165, 1.54) is 11.3 Å². The molecule has 0 aliphatic heterocycles. The number of amides is 1. The maximum absolute atomic E-state index is 12.4. The Morgan fingerprint density at radius 3 is 2.77 bits per heavy atom. The SMILES string of the molecule is O=C(Nc1nc(-c2cccs2)cs1)c1ccc(OCn2cccn2)cc1. The lowest BCUT2D eigenvalue weighted by molar-refractivity contribution is 0.102. The second kappa shape index (κ2) is 7.51. The predicted molar refractivity (Wildman–Crippen MR) is 103 cm³/mol. The topological polar surface area (TPSA) is 69.0 Å². The first kappa shape index (κ1) is 16.5. The molecule has 0 spiro atoms. The minimum absolute atomic E-state index is 0.198. The highest BCUT2D eigenvalue weighted by Crippen LogP contribution is 2.28. The van der Waals surface area contributed by atoms with Crippen molar-refractivity contribution in [3.8, 4) is 16.3 Å². The number of nitrogens with zero attached hydrogens (tertiary/aromatic N) is 3. The lowest BCUT2D eigenvalue weighted by Crippen LogP contribution is -2.11. The smallest absolute Gasteiger partial charge is 0.257 e. The van der Waals surface area contributed by atoms with Gasteiger partial charge in [-0.05, 0) is 41.8 Å². The third-order valence-electron chi connectivity index (χ3n) is 3.54. The Morgan fingerprint density at radius 2 is 2.04 bits per heavy atom. The molecule has 0 saturated heterocycles. The molecule has 0 bridgehead atoms. The third kappa shape index (κ3) is 3.81. The van der Waals surface area contributed by atoms with Crippen molar-refractivity contribution in [1.29, 1.82) is 0 Å². The molecule has 0 radical (unpaired) electrons. The number of nitrogens with one attached hydrogen (secondary N) is 1. The van der Waals surface area contributed by atoms with E-state index in [9.17, 15) is 4.79 Å². The average Bonchev–Trinajstić information content (AvgIpc) is 3.41. The molecule has 0 fully saturated rings. The normalized spacial score (nSPS) is 10.6. The first-order valence-electron chi connectivity index (χ1n) is 7.79. The van der Waals surface area contributed by atoms with Crippen LogP contribution < -0.4 is 10.1 Å². The second-order valence-electron chi connectivity index (χ2n) is 5.31. The molecule has 1 aromatic carbocycles. The lowest BCUT2D eigenvalue weighted by atomic mass is 10.2. The van der Waals surface area contributed by atoms with Gasteiger partial charge in [-0.1, -0.05) is 6.07 Å². The van der Waals surface area contributed by atoms with Crippen LogP contribution >= 0.6 is 22.7 Å². The highest BCUT2D eigenvalue weighted by Gasteiger charge is 2.10. The molecular formula is C18H14N4O2S2. The van der Waals surface area contributed by atoms with Crippen LogP contribution in [-0.2, 0) is 6.73 Å². The maximum atomic E-state index is 12.4. The number of ether oxygens (including phenoxy) is 1. The van der Waals surface area contributed by atoms with Crippen molar-refractivity contribution < 1.29 is 9.53 Å². The van der Waals surface area contributed by atoms with Crippen LogP contribution in [0.4, 0.5) is 5.13 Å². The monoisotopic (exact) mass is 382 g/mol. The molecule has 6 nitrogen and oxygen atoms in total. The molecule has 0 aliphatic rings. The van der Waals surface area contributed by atoms with Crippen LogP contribution in [0.2, 0.25) is 0 Å². The number of thiophene rings is 1. The zero-order chi connectivity index (χ0) is 17.8. The zero-order valence-electron chi connectivity index (χ0n) is 13.5. The van der Waals surface area contributed by atoms with Crippen LogP contribution in [-0.4, -0.2) is 20.7 Å². The molecule has 1 amide bonds. The van der Waals surface area contributed by atoms with Gasteiger partial charge in [0.1, 0.15) is 5.75 Å². The fourth-order valence-electron chi connectivity index (χ4n) is 2.26. The van der Waals surface area contributed by atoms with Gasteiger partial charge >= 0.3 is 0 Å². The Kier molecular flexibility index (Phi) is 4.76. The number of thiazole rings is 1. The third-order valence-corrected chi connectivity index (χ3v) is 5.19. The summed E-state index contributed by atoms with van der Waals surface area (Å²) in [5, 5.41) is 11.4. The van der Waals surface area contributed by atoms with Crippen molar-refractivity contribution in [2.24, 2.45) is 0 Å². The van der Waals surface area contributed by atoms with Gasteiger partial charge in [0.25, 0.3) is 5.91 Å². The number of benzene rings is 1. The number of aromatic nitrogens is 3. The Hall–Kier alpha value is -2.97. The summed E-state index contributed by atoms with van der Waals surface area (Å²) in [6, 6.07) is 12.8. The number of anilines is 1. The van der Waals surface area contributed by atoms with Gasteiger partial charge in [0.05, 0.1) is 10.6 Å². The highest BCUT2D eigenvalue weighted by molar-refractivity contribution is 7.16. The predicted octanol–water partition coefficient (Wildman–Crippen LogP) is 4.36. The summed E-state index contributed by atoms with van der Waals surface area (Å²) in [6.07, 6.45) is 3.51. The lowest BCUT2D eigenvalue weighted by Gasteiger charge is -2.07. The quantitative estimate of drug-likeness (QED) is 0.538. The summed E-state index contributed by atoms with van der Waals surface area (Å²) in [5.74, 6) is 0.474. The summed E-state index contributed by atoms with van der Waals surface area (Å²) >= 11 is 3.03. The summed E-state index contributed by atoms with van der Waals surface area (Å²) < 4.78 is 7.28. The van der Waals surface area contributed by atoms with Gasteiger partial charge in [-0.25, -0.2) is 9.67 Å². The fraction of sp³-hybridized carbons (Fsp3) is 0.0556. The molecule has 4 aromatic rings. The van der Waals surface area contributed by atoms with E-state index in [1.54, 1.807) is 46.5 Å². The Morgan fingerprint density at radius 1 is 1.15 bits per heavy atom. The molecule has 26 heavy (non-hydrogen) atoms. The molecule has 8 heteroatoms. The maximum Gasteiger partial charge on any atom is 0.257 e. The van der Waals surface area contributed by atoms with E-state index in [0.29, 0.717) is 23.2 Å². The van der Waals surface area contributed by atoms with Gasteiger partial charge in [0.15, 0.2) is 11.9 Å². The van der Waals surface area contributed by atoms with E-state index in [1.807, 2.05) is 35.2 Å². The molecule has 0 saturated carbocycles. The van der Waals surface area contributed by atoms with Crippen LogP contribution in [0.1, 0.15) is 10.4 Å². The van der Waals surface area contributed by atoms with Gasteiger partial charge < -0.3 is 4.74 Å². The standard InChI is InChI=1S/C18H14N4O2S2/c23-17(21-18-20-15(11-26-18)16-3-1-10-25-16)13-4-6-14(7-5-13)24-12-22-9-2-8-19-22/h1-11H,12H2,(H,20,21,23). The molecule has 130 valence electrons. The second-order valence-corrected chi connectivity index (χ2v) is 7.12. The molecule has 0 atom stereocenters. The van der Waals surface area contributed by atoms with Gasteiger partial charge in [-0.15, -0.1) is 22.7 Å². The molecule has 3 heterocycles. The summed E-state index contributed by atoms with van der Waals surface area (Å²) in [5.41, 5.74) is 1.42. The van der Waals surface area contributed by atoms with E-state index >= 15 is 0 Å². The molecular weight excluding hydrogens is 368 g/mol. The minimum Gasteiger partial charge on any atom is -0.471 e. The van der Waals surface area contributed by atoms with Gasteiger partial charge in [0.2, 0.25) is 0 Å². The van der Waals surface area contributed by atoms with Crippen molar-refractivity contribution in [2.45, 2.75) is 6.73 Å². The Balaban J connectivity index is 1.37. The van der Waals surface area contributed by atoms with Gasteiger partial charge in [0, 0.05) is 23.3 Å². The van der Waals surface area contributed by atoms with E-state index in [-0.39, 0.29) is 5.91 Å². The van der Waals surface area contributed by atoms with Crippen LogP contribution in [0.5, 0.6) is 5.75 Å². The van der Waals surface area contributed by atoms with Crippen LogP contribution in [0.3, 0.4) is 0 Å².